The maximum absolute atomic E-state index is 10.1. The van der Waals surface area contributed by atoms with E-state index in [2.05, 4.69) is 34.4 Å². The summed E-state index contributed by atoms with van der Waals surface area (Å²) >= 11 is 1.61. The lowest BCUT2D eigenvalue weighted by molar-refractivity contribution is 0.111. The molecule has 0 bridgehead atoms. The zero-order chi connectivity index (χ0) is 20.7. The Balaban J connectivity index is 0.00000117. The number of benzene rings is 1. The van der Waals surface area contributed by atoms with Crippen molar-refractivity contribution in [2.24, 2.45) is 0 Å². The van der Waals surface area contributed by atoms with Crippen molar-refractivity contribution in [3.63, 3.8) is 0 Å². The van der Waals surface area contributed by atoms with Crippen LogP contribution < -0.4 is 5.32 Å². The summed E-state index contributed by atoms with van der Waals surface area (Å²) in [6.07, 6.45) is 3.73. The van der Waals surface area contributed by atoms with Gasteiger partial charge in [0.25, 0.3) is 0 Å². The number of hydrogen-bond donors (Lipinski definition) is 2. The molecule has 29 heavy (non-hydrogen) atoms. The van der Waals surface area contributed by atoms with E-state index in [0.717, 1.165) is 53.0 Å². The second-order valence-corrected chi connectivity index (χ2v) is 8.20. The zero-order valence-corrected chi connectivity index (χ0v) is 18.2. The van der Waals surface area contributed by atoms with Crippen molar-refractivity contribution in [2.45, 2.75) is 32.1 Å². The van der Waals surface area contributed by atoms with Gasteiger partial charge < -0.3 is 15.3 Å². The Bertz CT molecular complexity index is 889. The number of likely N-dealkylation sites (tertiary alicyclic amines) is 1. The number of aliphatic hydroxyl groups excluding tert-OH is 1. The number of hydrogen-bond acceptors (Lipinski definition) is 6. The quantitative estimate of drug-likeness (QED) is 0.624. The fourth-order valence-corrected chi connectivity index (χ4v) is 4.35. The van der Waals surface area contributed by atoms with Crippen LogP contribution in [-0.4, -0.2) is 46.7 Å². The van der Waals surface area contributed by atoms with Crippen molar-refractivity contribution in [1.82, 2.24) is 14.9 Å². The van der Waals surface area contributed by atoms with E-state index in [1.807, 2.05) is 56.4 Å². The minimum atomic E-state index is -0.248. The third-order valence-corrected chi connectivity index (χ3v) is 6.30. The summed E-state index contributed by atoms with van der Waals surface area (Å²) in [5.41, 5.74) is 1.88. The number of nitrogens with one attached hydrogen (secondary N) is 1. The molecule has 154 valence electrons. The molecule has 6 heteroatoms. The molecule has 1 aliphatic heterocycles. The molecule has 0 atom stereocenters. The van der Waals surface area contributed by atoms with E-state index < -0.39 is 0 Å². The van der Waals surface area contributed by atoms with E-state index in [1.54, 1.807) is 11.3 Å². The van der Waals surface area contributed by atoms with E-state index in [-0.39, 0.29) is 12.0 Å². The van der Waals surface area contributed by atoms with Crippen LogP contribution in [0, 0.1) is 0 Å². The molecule has 1 saturated heterocycles. The average molecular weight is 411 g/mol. The third-order valence-electron chi connectivity index (χ3n) is 5.34. The number of nitrogens with zero attached hydrogens (tertiary/aromatic N) is 3. The number of aromatic nitrogens is 2. The SMILES string of the molecule is CC.CN1CCC(CO)(c2cccc(Nc3ncc(-c4ccccc4)s3)n2)CC1. The first kappa shape index (κ1) is 21.4. The van der Waals surface area contributed by atoms with Crippen LogP contribution in [0.15, 0.2) is 54.7 Å². The molecule has 0 saturated carbocycles. The van der Waals surface area contributed by atoms with Gasteiger partial charge in [-0.1, -0.05) is 61.6 Å². The summed E-state index contributed by atoms with van der Waals surface area (Å²) in [7, 11) is 2.12. The lowest BCUT2D eigenvalue weighted by Crippen LogP contribution is -2.43. The summed E-state index contributed by atoms with van der Waals surface area (Å²) in [5.74, 6) is 0.771. The Morgan fingerprint density at radius 3 is 2.48 bits per heavy atom. The van der Waals surface area contributed by atoms with Crippen molar-refractivity contribution in [3.8, 4) is 10.4 Å². The highest BCUT2D eigenvalue weighted by molar-refractivity contribution is 7.18. The highest BCUT2D eigenvalue weighted by atomic mass is 32.1. The molecule has 2 aromatic heterocycles. The van der Waals surface area contributed by atoms with Gasteiger partial charge in [-0.15, -0.1) is 0 Å². The van der Waals surface area contributed by atoms with Crippen molar-refractivity contribution < 1.29 is 5.11 Å². The highest BCUT2D eigenvalue weighted by Gasteiger charge is 2.36. The molecule has 0 spiro atoms. The van der Waals surface area contributed by atoms with Crippen LogP contribution in [0.4, 0.5) is 10.9 Å². The zero-order valence-electron chi connectivity index (χ0n) is 17.4. The summed E-state index contributed by atoms with van der Waals surface area (Å²) in [5, 5.41) is 14.2. The predicted octanol–water partition coefficient (Wildman–Crippen LogP) is 4.93. The molecule has 3 aromatic rings. The number of thiazole rings is 1. The van der Waals surface area contributed by atoms with Gasteiger partial charge in [-0.25, -0.2) is 9.97 Å². The Morgan fingerprint density at radius 2 is 1.79 bits per heavy atom. The molecule has 1 aliphatic rings. The van der Waals surface area contributed by atoms with E-state index in [0.29, 0.717) is 0 Å². The first-order chi connectivity index (χ1) is 14.2. The maximum Gasteiger partial charge on any atom is 0.188 e. The minimum Gasteiger partial charge on any atom is -0.395 e. The molecule has 3 heterocycles. The predicted molar refractivity (Wildman–Crippen MR) is 122 cm³/mol. The topological polar surface area (TPSA) is 61.3 Å². The molecular weight excluding hydrogens is 380 g/mol. The van der Waals surface area contributed by atoms with E-state index >= 15 is 0 Å². The number of pyridine rings is 1. The molecule has 0 radical (unpaired) electrons. The molecule has 1 aromatic carbocycles. The fraction of sp³-hybridized carbons (Fsp3) is 0.391. The monoisotopic (exact) mass is 410 g/mol. The fourth-order valence-electron chi connectivity index (χ4n) is 3.52. The van der Waals surface area contributed by atoms with Gasteiger partial charge in [0, 0.05) is 11.6 Å². The summed E-state index contributed by atoms with van der Waals surface area (Å²) in [6, 6.07) is 16.2. The lowest BCUT2D eigenvalue weighted by Gasteiger charge is -2.39. The standard InChI is InChI=1S/C21H24N4OS.C2H6/c1-25-12-10-21(15-26,11-13-25)18-8-5-9-19(23-18)24-20-22-14-17(27-20)16-6-3-2-4-7-16;1-2/h2-9,14,26H,10-13,15H2,1H3,(H,22,23,24);1-2H3. The molecule has 5 nitrogen and oxygen atoms in total. The van der Waals surface area contributed by atoms with Gasteiger partial charge in [-0.2, -0.15) is 0 Å². The van der Waals surface area contributed by atoms with Crippen LogP contribution in [0.5, 0.6) is 0 Å². The van der Waals surface area contributed by atoms with Gasteiger partial charge in [0.1, 0.15) is 5.82 Å². The van der Waals surface area contributed by atoms with Crippen LogP contribution in [0.2, 0.25) is 0 Å². The second-order valence-electron chi connectivity index (χ2n) is 7.17. The molecular formula is C23H30N4OS. The van der Waals surface area contributed by atoms with Crippen molar-refractivity contribution in [2.75, 3.05) is 32.1 Å². The lowest BCUT2D eigenvalue weighted by atomic mass is 9.76. The van der Waals surface area contributed by atoms with Crippen LogP contribution >= 0.6 is 11.3 Å². The van der Waals surface area contributed by atoms with Crippen LogP contribution in [0.25, 0.3) is 10.4 Å². The Kier molecular flexibility index (Phi) is 7.36. The van der Waals surface area contributed by atoms with Gasteiger partial charge in [0.2, 0.25) is 0 Å². The first-order valence-electron chi connectivity index (χ1n) is 10.2. The van der Waals surface area contributed by atoms with E-state index in [1.165, 1.54) is 0 Å². The van der Waals surface area contributed by atoms with Crippen LogP contribution in [0.1, 0.15) is 32.4 Å². The average Bonchev–Trinajstić information content (AvgIpc) is 3.25. The number of anilines is 2. The largest absolute Gasteiger partial charge is 0.395 e. The van der Waals surface area contributed by atoms with Crippen molar-refractivity contribution in [3.05, 3.63) is 60.4 Å². The van der Waals surface area contributed by atoms with Gasteiger partial charge in [0.05, 0.1) is 17.2 Å². The van der Waals surface area contributed by atoms with Crippen molar-refractivity contribution >= 4 is 22.3 Å². The Morgan fingerprint density at radius 1 is 1.07 bits per heavy atom. The van der Waals surface area contributed by atoms with Crippen molar-refractivity contribution in [1.29, 1.82) is 0 Å². The molecule has 2 N–H and O–H groups in total. The molecule has 0 aliphatic carbocycles. The molecule has 0 unspecified atom stereocenters. The Hall–Kier alpha value is -2.28. The highest BCUT2D eigenvalue weighted by Crippen LogP contribution is 2.35. The van der Waals surface area contributed by atoms with E-state index in [4.69, 9.17) is 4.98 Å². The number of rotatable bonds is 5. The van der Waals surface area contributed by atoms with Gasteiger partial charge in [-0.05, 0) is 50.7 Å². The Labute approximate surface area is 177 Å². The second kappa shape index (κ2) is 9.96. The number of piperidine rings is 1. The van der Waals surface area contributed by atoms with Gasteiger partial charge in [0.15, 0.2) is 5.13 Å². The number of aliphatic hydroxyl groups is 1. The van der Waals surface area contributed by atoms with Crippen LogP contribution in [0.3, 0.4) is 0 Å². The smallest absolute Gasteiger partial charge is 0.188 e. The summed E-state index contributed by atoms with van der Waals surface area (Å²) in [4.78, 5) is 12.7. The van der Waals surface area contributed by atoms with Gasteiger partial charge >= 0.3 is 0 Å². The molecule has 1 fully saturated rings. The minimum absolute atomic E-state index is 0.132. The molecule has 4 rings (SSSR count). The first-order valence-corrected chi connectivity index (χ1v) is 11.1. The van der Waals surface area contributed by atoms with Gasteiger partial charge in [-0.3, -0.25) is 0 Å². The summed E-state index contributed by atoms with van der Waals surface area (Å²) < 4.78 is 0. The summed E-state index contributed by atoms with van der Waals surface area (Å²) in [6.45, 7) is 6.09. The molecule has 0 amide bonds. The van der Waals surface area contributed by atoms with Crippen LogP contribution in [-0.2, 0) is 5.41 Å². The maximum atomic E-state index is 10.1. The van der Waals surface area contributed by atoms with E-state index in [9.17, 15) is 5.11 Å². The normalized spacial score (nSPS) is 16.0. The third kappa shape index (κ3) is 5.01.